The van der Waals surface area contributed by atoms with Crippen molar-refractivity contribution in [2.45, 2.75) is 11.5 Å². The first-order chi connectivity index (χ1) is 11.0. The zero-order chi connectivity index (χ0) is 16.4. The van der Waals surface area contributed by atoms with E-state index in [9.17, 15) is 13.5 Å². The number of nitrogens with zero attached hydrogens (tertiary/aromatic N) is 1. The Hall–Kier alpha value is -2.44. The van der Waals surface area contributed by atoms with Crippen molar-refractivity contribution >= 4 is 9.84 Å². The zero-order valence-electron chi connectivity index (χ0n) is 12.4. The van der Waals surface area contributed by atoms with Crippen molar-refractivity contribution < 1.29 is 17.9 Å². The van der Waals surface area contributed by atoms with Gasteiger partial charge in [-0.25, -0.2) is 13.4 Å². The molecule has 2 aromatic carbocycles. The Morgan fingerprint density at radius 1 is 1.04 bits per heavy atom. The Labute approximate surface area is 134 Å². The van der Waals surface area contributed by atoms with Crippen LogP contribution in [-0.4, -0.2) is 24.8 Å². The second kappa shape index (κ2) is 5.98. The SMILES string of the molecule is CS(=O)(=O)c1ccccc1-c1oc(CO)nc1-c1ccccc1. The van der Waals surface area contributed by atoms with Crippen molar-refractivity contribution in [3.05, 3.63) is 60.5 Å². The molecule has 1 aromatic heterocycles. The fourth-order valence-electron chi connectivity index (χ4n) is 2.38. The summed E-state index contributed by atoms with van der Waals surface area (Å²) in [6.45, 7) is -0.360. The summed E-state index contributed by atoms with van der Waals surface area (Å²) >= 11 is 0. The van der Waals surface area contributed by atoms with Crippen molar-refractivity contribution in [3.63, 3.8) is 0 Å². The van der Waals surface area contributed by atoms with E-state index in [-0.39, 0.29) is 17.4 Å². The van der Waals surface area contributed by atoms with Gasteiger partial charge in [0.2, 0.25) is 5.89 Å². The largest absolute Gasteiger partial charge is 0.437 e. The molecule has 5 nitrogen and oxygen atoms in total. The molecule has 118 valence electrons. The number of aliphatic hydroxyl groups excluding tert-OH is 1. The number of oxazole rings is 1. The standard InChI is InChI=1S/C17H15NO4S/c1-23(20,21)14-10-6-5-9-13(14)17-16(18-15(11-19)22-17)12-7-3-2-4-8-12/h2-10,19H,11H2,1H3. The molecule has 0 saturated carbocycles. The smallest absolute Gasteiger partial charge is 0.221 e. The normalized spacial score (nSPS) is 11.6. The second-order valence-corrected chi connectivity index (χ2v) is 7.06. The average molecular weight is 329 g/mol. The van der Waals surface area contributed by atoms with Crippen molar-refractivity contribution in [2.24, 2.45) is 0 Å². The Balaban J connectivity index is 2.28. The van der Waals surface area contributed by atoms with E-state index in [4.69, 9.17) is 4.42 Å². The summed E-state index contributed by atoms with van der Waals surface area (Å²) in [7, 11) is -3.43. The van der Waals surface area contributed by atoms with E-state index in [0.717, 1.165) is 11.8 Å². The molecule has 0 aliphatic carbocycles. The summed E-state index contributed by atoms with van der Waals surface area (Å²) in [6.07, 6.45) is 1.15. The van der Waals surface area contributed by atoms with Crippen LogP contribution < -0.4 is 0 Å². The second-order valence-electron chi connectivity index (χ2n) is 5.08. The van der Waals surface area contributed by atoms with Crippen LogP contribution in [0.1, 0.15) is 5.89 Å². The van der Waals surface area contributed by atoms with Gasteiger partial charge in [0.1, 0.15) is 12.3 Å². The third-order valence-electron chi connectivity index (χ3n) is 3.39. The predicted molar refractivity (Wildman–Crippen MR) is 86.4 cm³/mol. The number of rotatable bonds is 4. The summed E-state index contributed by atoms with van der Waals surface area (Å²) in [6, 6.07) is 15.9. The fourth-order valence-corrected chi connectivity index (χ4v) is 3.27. The highest BCUT2D eigenvalue weighted by Crippen LogP contribution is 2.36. The molecule has 0 spiro atoms. The van der Waals surface area contributed by atoms with E-state index in [1.54, 1.807) is 18.2 Å². The molecular weight excluding hydrogens is 314 g/mol. The average Bonchev–Trinajstić information content (AvgIpc) is 2.99. The monoisotopic (exact) mass is 329 g/mol. The lowest BCUT2D eigenvalue weighted by molar-refractivity contribution is 0.241. The maximum Gasteiger partial charge on any atom is 0.221 e. The molecule has 0 radical (unpaired) electrons. The Bertz CT molecular complexity index is 930. The molecule has 3 aromatic rings. The van der Waals surface area contributed by atoms with Gasteiger partial charge in [-0.2, -0.15) is 0 Å². The topological polar surface area (TPSA) is 80.4 Å². The van der Waals surface area contributed by atoms with Crippen LogP contribution in [0.15, 0.2) is 63.9 Å². The highest BCUT2D eigenvalue weighted by molar-refractivity contribution is 7.90. The van der Waals surface area contributed by atoms with Gasteiger partial charge in [0, 0.05) is 17.4 Å². The Kier molecular flexibility index (Phi) is 4.02. The van der Waals surface area contributed by atoms with Gasteiger partial charge in [0.15, 0.2) is 15.6 Å². The maximum atomic E-state index is 12.0. The summed E-state index contributed by atoms with van der Waals surface area (Å²) in [5.74, 6) is 0.475. The Morgan fingerprint density at radius 2 is 1.70 bits per heavy atom. The van der Waals surface area contributed by atoms with Gasteiger partial charge >= 0.3 is 0 Å². The van der Waals surface area contributed by atoms with Crippen LogP contribution in [0, 0.1) is 0 Å². The molecule has 0 fully saturated rings. The number of aromatic nitrogens is 1. The lowest BCUT2D eigenvalue weighted by Gasteiger charge is -2.07. The molecule has 0 aliphatic rings. The minimum Gasteiger partial charge on any atom is -0.437 e. The van der Waals surface area contributed by atoms with Crippen molar-refractivity contribution in [2.75, 3.05) is 6.26 Å². The highest BCUT2D eigenvalue weighted by Gasteiger charge is 2.22. The van der Waals surface area contributed by atoms with Crippen LogP contribution in [0.2, 0.25) is 0 Å². The summed E-state index contributed by atoms with van der Waals surface area (Å²) in [4.78, 5) is 4.45. The van der Waals surface area contributed by atoms with E-state index in [2.05, 4.69) is 4.98 Å². The number of hydrogen-bond donors (Lipinski definition) is 1. The number of sulfone groups is 1. The molecular formula is C17H15NO4S. The predicted octanol–water partition coefficient (Wildman–Crippen LogP) is 2.90. The van der Waals surface area contributed by atoms with Crippen LogP contribution in [0.3, 0.4) is 0 Å². The molecule has 0 unspecified atom stereocenters. The van der Waals surface area contributed by atoms with Crippen LogP contribution in [-0.2, 0) is 16.4 Å². The molecule has 0 saturated heterocycles. The number of hydrogen-bond acceptors (Lipinski definition) is 5. The summed E-state index contributed by atoms with van der Waals surface area (Å²) in [5.41, 5.74) is 1.72. The molecule has 0 aliphatic heterocycles. The molecule has 1 heterocycles. The van der Waals surface area contributed by atoms with Crippen molar-refractivity contribution in [3.8, 4) is 22.6 Å². The number of benzene rings is 2. The summed E-state index contributed by atoms with van der Waals surface area (Å²) in [5, 5.41) is 9.32. The van der Waals surface area contributed by atoms with Crippen molar-refractivity contribution in [1.82, 2.24) is 4.98 Å². The van der Waals surface area contributed by atoms with Gasteiger partial charge in [0.05, 0.1) is 4.90 Å². The van der Waals surface area contributed by atoms with Gasteiger partial charge in [-0.05, 0) is 12.1 Å². The molecule has 0 bridgehead atoms. The van der Waals surface area contributed by atoms with E-state index in [1.807, 2.05) is 30.3 Å². The van der Waals surface area contributed by atoms with Gasteiger partial charge in [-0.15, -0.1) is 0 Å². The minimum absolute atomic E-state index is 0.141. The maximum absolute atomic E-state index is 12.0. The number of aliphatic hydroxyl groups is 1. The first kappa shape index (κ1) is 15.5. The summed E-state index contributed by atoms with van der Waals surface area (Å²) < 4.78 is 29.7. The van der Waals surface area contributed by atoms with Crippen LogP contribution >= 0.6 is 0 Å². The zero-order valence-corrected chi connectivity index (χ0v) is 13.2. The van der Waals surface area contributed by atoms with E-state index in [1.165, 1.54) is 6.07 Å². The quantitative estimate of drug-likeness (QED) is 0.796. The minimum atomic E-state index is -3.43. The van der Waals surface area contributed by atoms with Crippen molar-refractivity contribution in [1.29, 1.82) is 0 Å². The fraction of sp³-hybridized carbons (Fsp3) is 0.118. The third kappa shape index (κ3) is 3.04. The van der Waals surface area contributed by atoms with E-state index < -0.39 is 9.84 Å². The van der Waals surface area contributed by atoms with Gasteiger partial charge in [0.25, 0.3) is 0 Å². The first-order valence-electron chi connectivity index (χ1n) is 6.96. The lowest BCUT2D eigenvalue weighted by atomic mass is 10.1. The van der Waals surface area contributed by atoms with Gasteiger partial charge in [-0.1, -0.05) is 42.5 Å². The molecule has 0 atom stereocenters. The molecule has 6 heteroatoms. The van der Waals surface area contributed by atoms with E-state index in [0.29, 0.717) is 17.0 Å². The van der Waals surface area contributed by atoms with Gasteiger partial charge in [-0.3, -0.25) is 0 Å². The van der Waals surface area contributed by atoms with Crippen LogP contribution in [0.4, 0.5) is 0 Å². The highest BCUT2D eigenvalue weighted by atomic mass is 32.2. The van der Waals surface area contributed by atoms with E-state index >= 15 is 0 Å². The molecule has 1 N–H and O–H groups in total. The Morgan fingerprint density at radius 3 is 2.35 bits per heavy atom. The first-order valence-corrected chi connectivity index (χ1v) is 8.85. The molecule has 0 amide bonds. The van der Waals surface area contributed by atoms with Crippen LogP contribution in [0.5, 0.6) is 0 Å². The molecule has 3 rings (SSSR count). The molecule has 23 heavy (non-hydrogen) atoms. The van der Waals surface area contributed by atoms with Crippen LogP contribution in [0.25, 0.3) is 22.6 Å². The lowest BCUT2D eigenvalue weighted by Crippen LogP contribution is -1.99. The third-order valence-corrected chi connectivity index (χ3v) is 4.54. The van der Waals surface area contributed by atoms with Gasteiger partial charge < -0.3 is 9.52 Å².